The fraction of sp³-hybridized carbons (Fsp3) is 0.333. The summed E-state index contributed by atoms with van der Waals surface area (Å²) in [6.07, 6.45) is 1.74. The number of ether oxygens (including phenoxy) is 1. The van der Waals surface area contributed by atoms with Crippen molar-refractivity contribution in [1.82, 2.24) is 20.1 Å². The molecule has 0 fully saturated rings. The van der Waals surface area contributed by atoms with Gasteiger partial charge in [-0.05, 0) is 25.6 Å². The topological polar surface area (TPSA) is 52.0 Å². The van der Waals surface area contributed by atoms with E-state index in [9.17, 15) is 0 Å². The molecule has 96 valence electrons. The van der Waals surface area contributed by atoms with Gasteiger partial charge in [0, 0.05) is 25.9 Å². The van der Waals surface area contributed by atoms with E-state index >= 15 is 0 Å². The third kappa shape index (κ3) is 2.80. The van der Waals surface area contributed by atoms with Crippen molar-refractivity contribution >= 4 is 11.6 Å². The van der Waals surface area contributed by atoms with Crippen LogP contribution in [0.5, 0.6) is 11.8 Å². The number of pyridine rings is 1. The molecule has 0 aromatic carbocycles. The molecule has 2 aromatic rings. The molecule has 0 aliphatic rings. The second-order valence-electron chi connectivity index (χ2n) is 4.01. The number of nitrogens with zero attached hydrogens (tertiary/aromatic N) is 3. The first-order valence-corrected chi connectivity index (χ1v) is 5.95. The molecule has 0 spiro atoms. The molecule has 1 N–H and O–H groups in total. The number of halogens is 1. The zero-order chi connectivity index (χ0) is 13.1. The first-order valence-electron chi connectivity index (χ1n) is 5.57. The van der Waals surface area contributed by atoms with E-state index in [0.29, 0.717) is 16.8 Å². The fourth-order valence-corrected chi connectivity index (χ4v) is 1.85. The molecule has 0 aliphatic heterocycles. The Morgan fingerprint density at radius 3 is 2.78 bits per heavy atom. The van der Waals surface area contributed by atoms with Gasteiger partial charge in [-0.25, -0.2) is 9.67 Å². The molecule has 0 atom stereocenters. The number of hydrogen-bond donors (Lipinski definition) is 1. The van der Waals surface area contributed by atoms with Crippen molar-refractivity contribution < 1.29 is 4.74 Å². The van der Waals surface area contributed by atoms with Crippen LogP contribution in [-0.2, 0) is 13.6 Å². The van der Waals surface area contributed by atoms with Crippen LogP contribution in [0.3, 0.4) is 0 Å². The summed E-state index contributed by atoms with van der Waals surface area (Å²) < 4.78 is 7.28. The minimum atomic E-state index is 0.388. The van der Waals surface area contributed by atoms with Gasteiger partial charge in [-0.1, -0.05) is 11.6 Å². The lowest BCUT2D eigenvalue weighted by molar-refractivity contribution is 0.415. The van der Waals surface area contributed by atoms with E-state index in [1.165, 1.54) is 0 Å². The van der Waals surface area contributed by atoms with Gasteiger partial charge in [0.15, 0.2) is 0 Å². The van der Waals surface area contributed by atoms with E-state index in [4.69, 9.17) is 16.3 Å². The van der Waals surface area contributed by atoms with Crippen LogP contribution in [0, 0.1) is 6.92 Å². The summed E-state index contributed by atoms with van der Waals surface area (Å²) >= 11 is 6.13. The molecule has 0 amide bonds. The molecule has 0 saturated carbocycles. The van der Waals surface area contributed by atoms with Crippen molar-refractivity contribution in [2.45, 2.75) is 13.5 Å². The molecular formula is C12H15ClN4O. The SMILES string of the molecule is CNCc1cnc(Oc2cc(C)nn2C)c(Cl)c1. The van der Waals surface area contributed by atoms with E-state index < -0.39 is 0 Å². The number of aryl methyl sites for hydroxylation is 2. The summed E-state index contributed by atoms with van der Waals surface area (Å²) in [4.78, 5) is 4.21. The normalized spacial score (nSPS) is 10.7. The number of aromatic nitrogens is 3. The maximum atomic E-state index is 6.13. The van der Waals surface area contributed by atoms with E-state index in [0.717, 1.165) is 17.8 Å². The van der Waals surface area contributed by atoms with Crippen LogP contribution in [0.2, 0.25) is 5.02 Å². The Morgan fingerprint density at radius 2 is 2.22 bits per heavy atom. The highest BCUT2D eigenvalue weighted by atomic mass is 35.5. The van der Waals surface area contributed by atoms with Crippen molar-refractivity contribution in [3.63, 3.8) is 0 Å². The predicted molar refractivity (Wildman–Crippen MR) is 70.0 cm³/mol. The Labute approximate surface area is 111 Å². The quantitative estimate of drug-likeness (QED) is 0.923. The van der Waals surface area contributed by atoms with Crippen molar-refractivity contribution in [3.05, 3.63) is 34.6 Å². The third-order valence-electron chi connectivity index (χ3n) is 2.41. The minimum Gasteiger partial charge on any atom is -0.419 e. The summed E-state index contributed by atoms with van der Waals surface area (Å²) in [7, 11) is 3.68. The highest BCUT2D eigenvalue weighted by molar-refractivity contribution is 6.31. The average molecular weight is 267 g/mol. The maximum Gasteiger partial charge on any atom is 0.240 e. The van der Waals surface area contributed by atoms with Crippen LogP contribution in [0.25, 0.3) is 0 Å². The van der Waals surface area contributed by atoms with Gasteiger partial charge >= 0.3 is 0 Å². The van der Waals surface area contributed by atoms with Crippen molar-refractivity contribution in [2.24, 2.45) is 7.05 Å². The van der Waals surface area contributed by atoms with E-state index in [2.05, 4.69) is 15.4 Å². The van der Waals surface area contributed by atoms with Crippen LogP contribution < -0.4 is 10.1 Å². The zero-order valence-electron chi connectivity index (χ0n) is 10.6. The van der Waals surface area contributed by atoms with Gasteiger partial charge < -0.3 is 10.1 Å². The van der Waals surface area contributed by atoms with Crippen molar-refractivity contribution in [3.8, 4) is 11.8 Å². The number of rotatable bonds is 4. The molecule has 2 rings (SSSR count). The van der Waals surface area contributed by atoms with Crippen LogP contribution in [0.1, 0.15) is 11.3 Å². The summed E-state index contributed by atoms with van der Waals surface area (Å²) in [6, 6.07) is 3.67. The Balaban J connectivity index is 2.21. The summed E-state index contributed by atoms with van der Waals surface area (Å²) in [5.41, 5.74) is 1.89. The molecule has 0 aliphatic carbocycles. The summed E-state index contributed by atoms with van der Waals surface area (Å²) in [6.45, 7) is 2.62. The van der Waals surface area contributed by atoms with Crippen LogP contribution in [-0.4, -0.2) is 21.8 Å². The smallest absolute Gasteiger partial charge is 0.240 e. The van der Waals surface area contributed by atoms with Crippen molar-refractivity contribution in [1.29, 1.82) is 0 Å². The number of hydrogen-bond acceptors (Lipinski definition) is 4. The Bertz CT molecular complexity index is 553. The van der Waals surface area contributed by atoms with Crippen LogP contribution >= 0.6 is 11.6 Å². The molecule has 0 radical (unpaired) electrons. The fourth-order valence-electron chi connectivity index (χ4n) is 1.62. The molecule has 2 aromatic heterocycles. The molecule has 0 unspecified atom stereocenters. The molecule has 18 heavy (non-hydrogen) atoms. The molecule has 5 nitrogen and oxygen atoms in total. The van der Waals surface area contributed by atoms with Crippen molar-refractivity contribution in [2.75, 3.05) is 7.05 Å². The Hall–Kier alpha value is -1.59. The molecule has 0 saturated heterocycles. The van der Waals surface area contributed by atoms with Gasteiger partial charge in [0.25, 0.3) is 0 Å². The van der Waals surface area contributed by atoms with Gasteiger partial charge in [0.1, 0.15) is 5.02 Å². The third-order valence-corrected chi connectivity index (χ3v) is 2.68. The zero-order valence-corrected chi connectivity index (χ0v) is 11.3. The minimum absolute atomic E-state index is 0.388. The molecule has 2 heterocycles. The Morgan fingerprint density at radius 1 is 1.44 bits per heavy atom. The first-order chi connectivity index (χ1) is 8.60. The molecular weight excluding hydrogens is 252 g/mol. The second kappa shape index (κ2) is 5.37. The van der Waals surface area contributed by atoms with Gasteiger partial charge in [-0.3, -0.25) is 0 Å². The lowest BCUT2D eigenvalue weighted by atomic mass is 10.3. The second-order valence-corrected chi connectivity index (χ2v) is 4.42. The average Bonchev–Trinajstić information content (AvgIpc) is 2.62. The van der Waals surface area contributed by atoms with E-state index in [1.807, 2.05) is 33.2 Å². The largest absolute Gasteiger partial charge is 0.419 e. The van der Waals surface area contributed by atoms with Crippen LogP contribution in [0.4, 0.5) is 0 Å². The lowest BCUT2D eigenvalue weighted by Crippen LogP contribution is -2.05. The monoisotopic (exact) mass is 266 g/mol. The summed E-state index contributed by atoms with van der Waals surface area (Å²) in [5.74, 6) is 1.00. The number of nitrogens with one attached hydrogen (secondary N) is 1. The lowest BCUT2D eigenvalue weighted by Gasteiger charge is -2.07. The Kier molecular flexibility index (Phi) is 3.84. The van der Waals surface area contributed by atoms with Gasteiger partial charge in [0.2, 0.25) is 11.8 Å². The van der Waals surface area contributed by atoms with E-state index in [1.54, 1.807) is 10.9 Å². The maximum absolute atomic E-state index is 6.13. The predicted octanol–water partition coefficient (Wildman–Crippen LogP) is 2.29. The first kappa shape index (κ1) is 12.9. The van der Waals surface area contributed by atoms with Gasteiger partial charge in [-0.2, -0.15) is 5.10 Å². The van der Waals surface area contributed by atoms with Gasteiger partial charge in [0.05, 0.1) is 5.69 Å². The highest BCUT2D eigenvalue weighted by Crippen LogP contribution is 2.27. The van der Waals surface area contributed by atoms with E-state index in [-0.39, 0.29) is 0 Å². The summed E-state index contributed by atoms with van der Waals surface area (Å²) in [5, 5.41) is 7.72. The standard InChI is InChI=1S/C12H15ClN4O/c1-8-4-11(17(3)16-8)18-12-10(13)5-9(6-14-2)7-15-12/h4-5,7,14H,6H2,1-3H3. The molecule has 6 heteroatoms. The highest BCUT2D eigenvalue weighted by Gasteiger charge is 2.09. The molecule has 0 bridgehead atoms. The van der Waals surface area contributed by atoms with Crippen LogP contribution in [0.15, 0.2) is 18.3 Å². The van der Waals surface area contributed by atoms with Gasteiger partial charge in [-0.15, -0.1) is 0 Å².